The Morgan fingerprint density at radius 1 is 1.65 bits per heavy atom. The predicted molar refractivity (Wildman–Crippen MR) is 64.1 cm³/mol. The monoisotopic (exact) mass is 237 g/mol. The SMILES string of the molecule is CCCn1ccnc1C(=O)C1CN(C)CCO1. The highest BCUT2D eigenvalue weighted by Gasteiger charge is 2.28. The van der Waals surface area contributed by atoms with Crippen molar-refractivity contribution in [2.75, 3.05) is 26.7 Å². The third kappa shape index (κ3) is 2.73. The van der Waals surface area contributed by atoms with Crippen molar-refractivity contribution in [3.8, 4) is 0 Å². The third-order valence-corrected chi connectivity index (χ3v) is 2.96. The van der Waals surface area contributed by atoms with Crippen molar-refractivity contribution in [1.82, 2.24) is 14.5 Å². The van der Waals surface area contributed by atoms with E-state index in [1.807, 2.05) is 17.8 Å². The van der Waals surface area contributed by atoms with Gasteiger partial charge < -0.3 is 14.2 Å². The fourth-order valence-corrected chi connectivity index (χ4v) is 2.04. The van der Waals surface area contributed by atoms with E-state index in [-0.39, 0.29) is 11.9 Å². The van der Waals surface area contributed by atoms with Crippen molar-refractivity contribution < 1.29 is 9.53 Å². The number of likely N-dealkylation sites (N-methyl/N-ethyl adjacent to an activating group) is 1. The van der Waals surface area contributed by atoms with E-state index in [0.29, 0.717) is 19.0 Å². The summed E-state index contributed by atoms with van der Waals surface area (Å²) in [4.78, 5) is 18.5. The Kier molecular flexibility index (Phi) is 3.91. The molecule has 0 N–H and O–H groups in total. The molecule has 0 saturated carbocycles. The van der Waals surface area contributed by atoms with Gasteiger partial charge in [-0.15, -0.1) is 0 Å². The summed E-state index contributed by atoms with van der Waals surface area (Å²) >= 11 is 0. The molecule has 2 rings (SSSR count). The molecule has 94 valence electrons. The summed E-state index contributed by atoms with van der Waals surface area (Å²) in [6.07, 6.45) is 4.15. The second kappa shape index (κ2) is 5.42. The Bertz CT molecular complexity index is 389. The molecule has 17 heavy (non-hydrogen) atoms. The fraction of sp³-hybridized carbons (Fsp3) is 0.667. The topological polar surface area (TPSA) is 47.4 Å². The number of Topliss-reactive ketones (excluding diaryl/α,β-unsaturated/α-hetero) is 1. The molecule has 2 heterocycles. The lowest BCUT2D eigenvalue weighted by Gasteiger charge is -2.28. The Morgan fingerprint density at radius 3 is 3.18 bits per heavy atom. The number of ether oxygens (including phenoxy) is 1. The van der Waals surface area contributed by atoms with E-state index in [4.69, 9.17) is 4.74 Å². The largest absolute Gasteiger partial charge is 0.367 e. The molecule has 0 bridgehead atoms. The van der Waals surface area contributed by atoms with Gasteiger partial charge in [-0.25, -0.2) is 4.98 Å². The molecule has 1 saturated heterocycles. The minimum atomic E-state index is -0.369. The molecular formula is C12H19N3O2. The number of morpholine rings is 1. The molecule has 1 aliphatic heterocycles. The van der Waals surface area contributed by atoms with Crippen LogP contribution in [0.25, 0.3) is 0 Å². The average molecular weight is 237 g/mol. The van der Waals surface area contributed by atoms with Crippen LogP contribution in [0.15, 0.2) is 12.4 Å². The minimum absolute atomic E-state index is 0.00463. The van der Waals surface area contributed by atoms with Crippen LogP contribution in [-0.4, -0.2) is 53.1 Å². The number of aromatic nitrogens is 2. The van der Waals surface area contributed by atoms with Gasteiger partial charge in [-0.05, 0) is 13.5 Å². The van der Waals surface area contributed by atoms with Crippen LogP contribution in [0.5, 0.6) is 0 Å². The van der Waals surface area contributed by atoms with E-state index < -0.39 is 0 Å². The van der Waals surface area contributed by atoms with Crippen LogP contribution in [0, 0.1) is 0 Å². The number of rotatable bonds is 4. The van der Waals surface area contributed by atoms with Gasteiger partial charge >= 0.3 is 0 Å². The Balaban J connectivity index is 2.10. The molecule has 1 fully saturated rings. The zero-order valence-corrected chi connectivity index (χ0v) is 10.4. The molecule has 0 radical (unpaired) electrons. The van der Waals surface area contributed by atoms with Crippen molar-refractivity contribution in [3.63, 3.8) is 0 Å². The maximum Gasteiger partial charge on any atom is 0.228 e. The number of carbonyl (C=O) groups excluding carboxylic acids is 1. The van der Waals surface area contributed by atoms with Crippen molar-refractivity contribution in [2.45, 2.75) is 26.0 Å². The van der Waals surface area contributed by atoms with Gasteiger partial charge in [0, 0.05) is 32.0 Å². The van der Waals surface area contributed by atoms with E-state index in [9.17, 15) is 4.79 Å². The van der Waals surface area contributed by atoms with Gasteiger partial charge in [-0.3, -0.25) is 4.79 Å². The summed E-state index contributed by atoms with van der Waals surface area (Å²) in [7, 11) is 2.00. The van der Waals surface area contributed by atoms with Crippen molar-refractivity contribution in [2.24, 2.45) is 0 Å². The summed E-state index contributed by atoms with van der Waals surface area (Å²) in [5.74, 6) is 0.516. The third-order valence-electron chi connectivity index (χ3n) is 2.96. The van der Waals surface area contributed by atoms with Crippen LogP contribution in [0.4, 0.5) is 0 Å². The number of aryl methyl sites for hydroxylation is 1. The van der Waals surface area contributed by atoms with Gasteiger partial charge in [0.05, 0.1) is 6.61 Å². The Labute approximate surface area is 101 Å². The predicted octanol–water partition coefficient (Wildman–Crippen LogP) is 0.806. The van der Waals surface area contributed by atoms with Gasteiger partial charge in [0.15, 0.2) is 5.82 Å². The highest BCUT2D eigenvalue weighted by Crippen LogP contribution is 2.10. The number of nitrogens with zero attached hydrogens (tertiary/aromatic N) is 3. The van der Waals surface area contributed by atoms with Crippen LogP contribution < -0.4 is 0 Å². The van der Waals surface area contributed by atoms with Crippen LogP contribution in [-0.2, 0) is 11.3 Å². The van der Waals surface area contributed by atoms with Crippen molar-refractivity contribution in [3.05, 3.63) is 18.2 Å². The molecular weight excluding hydrogens is 218 g/mol. The molecule has 1 unspecified atom stereocenters. The average Bonchev–Trinajstić information content (AvgIpc) is 2.77. The van der Waals surface area contributed by atoms with Crippen LogP contribution in [0.1, 0.15) is 24.0 Å². The Morgan fingerprint density at radius 2 is 2.47 bits per heavy atom. The van der Waals surface area contributed by atoms with Gasteiger partial charge in [-0.1, -0.05) is 6.92 Å². The van der Waals surface area contributed by atoms with E-state index in [0.717, 1.165) is 19.5 Å². The van der Waals surface area contributed by atoms with Crippen LogP contribution in [0.2, 0.25) is 0 Å². The van der Waals surface area contributed by atoms with Crippen LogP contribution in [0.3, 0.4) is 0 Å². The summed E-state index contributed by atoms with van der Waals surface area (Å²) in [5.41, 5.74) is 0. The van der Waals surface area contributed by atoms with Gasteiger partial charge in [-0.2, -0.15) is 0 Å². The number of imidazole rings is 1. The zero-order chi connectivity index (χ0) is 12.3. The van der Waals surface area contributed by atoms with Gasteiger partial charge in [0.1, 0.15) is 6.10 Å². The quantitative estimate of drug-likeness (QED) is 0.727. The van der Waals surface area contributed by atoms with Gasteiger partial charge in [0.25, 0.3) is 0 Å². The summed E-state index contributed by atoms with van der Waals surface area (Å²) < 4.78 is 7.43. The summed E-state index contributed by atoms with van der Waals surface area (Å²) in [5, 5.41) is 0. The standard InChI is InChI=1S/C12H19N3O2/c1-3-5-15-6-4-13-12(15)11(16)10-9-14(2)7-8-17-10/h4,6,10H,3,5,7-9H2,1-2H3. The van der Waals surface area contributed by atoms with Gasteiger partial charge in [0.2, 0.25) is 5.78 Å². The highest BCUT2D eigenvalue weighted by atomic mass is 16.5. The smallest absolute Gasteiger partial charge is 0.228 e. The maximum atomic E-state index is 12.3. The normalized spacial score (nSPS) is 21.6. The first kappa shape index (κ1) is 12.3. The van der Waals surface area contributed by atoms with Crippen LogP contribution >= 0.6 is 0 Å². The lowest BCUT2D eigenvalue weighted by Crippen LogP contribution is -2.44. The molecule has 0 amide bonds. The van der Waals surface area contributed by atoms with E-state index in [2.05, 4.69) is 16.8 Å². The van der Waals surface area contributed by atoms with Crippen molar-refractivity contribution in [1.29, 1.82) is 0 Å². The molecule has 1 aromatic heterocycles. The second-order valence-corrected chi connectivity index (χ2v) is 4.43. The number of ketones is 1. The first-order chi connectivity index (χ1) is 8.22. The highest BCUT2D eigenvalue weighted by molar-refractivity contribution is 5.96. The fourth-order valence-electron chi connectivity index (χ4n) is 2.04. The van der Waals surface area contributed by atoms with Crippen molar-refractivity contribution >= 4 is 5.78 Å². The maximum absolute atomic E-state index is 12.3. The number of hydrogen-bond donors (Lipinski definition) is 0. The Hall–Kier alpha value is -1.20. The first-order valence-electron chi connectivity index (χ1n) is 6.08. The van der Waals surface area contributed by atoms with E-state index >= 15 is 0 Å². The molecule has 0 spiro atoms. The zero-order valence-electron chi connectivity index (χ0n) is 10.4. The van der Waals surface area contributed by atoms with E-state index in [1.54, 1.807) is 6.20 Å². The molecule has 1 aromatic rings. The molecule has 1 atom stereocenters. The van der Waals surface area contributed by atoms with E-state index in [1.165, 1.54) is 0 Å². The first-order valence-corrected chi connectivity index (χ1v) is 6.08. The number of carbonyl (C=O) groups is 1. The molecule has 0 aliphatic carbocycles. The second-order valence-electron chi connectivity index (χ2n) is 4.43. The lowest BCUT2D eigenvalue weighted by molar-refractivity contribution is -0.00940. The molecule has 0 aromatic carbocycles. The minimum Gasteiger partial charge on any atom is -0.367 e. The molecule has 1 aliphatic rings. The summed E-state index contributed by atoms with van der Waals surface area (Å²) in [6.45, 7) is 5.05. The lowest BCUT2D eigenvalue weighted by atomic mass is 10.2. The molecule has 5 heteroatoms. The molecule has 5 nitrogen and oxygen atoms in total. The number of hydrogen-bond acceptors (Lipinski definition) is 4. The summed E-state index contributed by atoms with van der Waals surface area (Å²) in [6, 6.07) is 0.